The van der Waals surface area contributed by atoms with Crippen molar-refractivity contribution < 1.29 is 23.9 Å². The molecule has 1 unspecified atom stereocenters. The van der Waals surface area contributed by atoms with Crippen LogP contribution in [0.25, 0.3) is 0 Å². The molecule has 0 saturated carbocycles. The lowest BCUT2D eigenvalue weighted by Gasteiger charge is -2.24. The second-order valence-electron chi connectivity index (χ2n) is 7.39. The normalized spacial score (nSPS) is 18.6. The van der Waals surface area contributed by atoms with E-state index in [2.05, 4.69) is 0 Å². The van der Waals surface area contributed by atoms with Gasteiger partial charge in [0.25, 0.3) is 0 Å². The van der Waals surface area contributed by atoms with Gasteiger partial charge in [0.1, 0.15) is 11.7 Å². The van der Waals surface area contributed by atoms with Crippen molar-refractivity contribution in [1.82, 2.24) is 4.90 Å². The van der Waals surface area contributed by atoms with Crippen LogP contribution in [0.4, 0.5) is 0 Å². The van der Waals surface area contributed by atoms with Crippen molar-refractivity contribution in [3.8, 4) is 5.75 Å². The number of Topliss-reactive ketones (excluding diaryl/α,β-unsaturated/α-hetero) is 1. The number of carbonyl (C=O) groups is 4. The Morgan fingerprint density at radius 3 is 2.26 bits per heavy atom. The molecule has 1 saturated heterocycles. The van der Waals surface area contributed by atoms with E-state index in [9.17, 15) is 19.2 Å². The summed E-state index contributed by atoms with van der Waals surface area (Å²) in [5, 5.41) is -0.382. The molecule has 1 fully saturated rings. The summed E-state index contributed by atoms with van der Waals surface area (Å²) >= 11 is 1.03. The third kappa shape index (κ3) is 4.77. The first-order chi connectivity index (χ1) is 12.6. The molecule has 1 aromatic rings. The highest BCUT2D eigenvalue weighted by Gasteiger charge is 2.48. The van der Waals surface area contributed by atoms with Crippen LogP contribution in [0.1, 0.15) is 44.5 Å². The van der Waals surface area contributed by atoms with Crippen LogP contribution >= 0.6 is 11.8 Å². The summed E-state index contributed by atoms with van der Waals surface area (Å²) in [5.41, 5.74) is 0.318. The van der Waals surface area contributed by atoms with Crippen LogP contribution in [0.3, 0.4) is 0 Å². The molecule has 2 amide bonds. The minimum Gasteiger partial charge on any atom is -0.497 e. The van der Waals surface area contributed by atoms with E-state index >= 15 is 0 Å². The van der Waals surface area contributed by atoms with Gasteiger partial charge in [0.2, 0.25) is 16.9 Å². The number of benzene rings is 1. The molecule has 2 atom stereocenters. The zero-order chi connectivity index (χ0) is 20.4. The third-order valence-corrected chi connectivity index (χ3v) is 5.38. The van der Waals surface area contributed by atoms with Crippen molar-refractivity contribution in [2.75, 3.05) is 13.7 Å². The maximum absolute atomic E-state index is 13.1. The van der Waals surface area contributed by atoms with Gasteiger partial charge in [0.05, 0.1) is 13.0 Å². The van der Waals surface area contributed by atoms with Crippen LogP contribution in [-0.4, -0.2) is 46.0 Å². The van der Waals surface area contributed by atoms with Crippen molar-refractivity contribution in [3.05, 3.63) is 29.8 Å². The first-order valence-electron chi connectivity index (χ1n) is 8.84. The predicted molar refractivity (Wildman–Crippen MR) is 104 cm³/mol. The highest BCUT2D eigenvalue weighted by atomic mass is 32.2. The number of carbonyl (C=O) groups excluding carboxylic acids is 4. The van der Waals surface area contributed by atoms with E-state index in [1.807, 2.05) is 20.8 Å². The lowest BCUT2D eigenvalue weighted by Crippen LogP contribution is -2.37. The van der Waals surface area contributed by atoms with Crippen LogP contribution in [-0.2, 0) is 14.4 Å². The number of ether oxygens (including phenoxy) is 1. The molecule has 0 spiro atoms. The lowest BCUT2D eigenvalue weighted by atomic mass is 9.85. The van der Waals surface area contributed by atoms with Crippen molar-refractivity contribution in [3.63, 3.8) is 0 Å². The van der Waals surface area contributed by atoms with Gasteiger partial charge < -0.3 is 4.74 Å². The van der Waals surface area contributed by atoms with Crippen molar-refractivity contribution in [2.45, 2.75) is 38.9 Å². The number of methoxy groups -OCH3 is 1. The largest absolute Gasteiger partial charge is 0.497 e. The van der Waals surface area contributed by atoms with Crippen molar-refractivity contribution in [2.24, 2.45) is 11.8 Å². The van der Waals surface area contributed by atoms with E-state index in [4.69, 9.17) is 4.74 Å². The number of ketones is 1. The first kappa shape index (κ1) is 21.2. The molecule has 0 aliphatic carbocycles. The Hall–Kier alpha value is -2.15. The van der Waals surface area contributed by atoms with Gasteiger partial charge in [-0.2, -0.15) is 0 Å². The molecule has 7 heteroatoms. The molecule has 0 N–H and O–H groups in total. The average Bonchev–Trinajstić information content (AvgIpc) is 2.87. The molecule has 27 heavy (non-hydrogen) atoms. The quantitative estimate of drug-likeness (QED) is 0.421. The Morgan fingerprint density at radius 1 is 1.22 bits per heavy atom. The van der Waals surface area contributed by atoms with Gasteiger partial charge in [-0.25, -0.2) is 0 Å². The van der Waals surface area contributed by atoms with Gasteiger partial charge in [-0.1, -0.05) is 32.5 Å². The van der Waals surface area contributed by atoms with Crippen molar-refractivity contribution in [1.29, 1.82) is 0 Å². The molecule has 0 radical (unpaired) electrons. The smallest absolute Gasteiger partial charge is 0.234 e. The van der Waals surface area contributed by atoms with Crippen LogP contribution in [0.5, 0.6) is 5.75 Å². The summed E-state index contributed by atoms with van der Waals surface area (Å²) < 4.78 is 4.68. The van der Waals surface area contributed by atoms with Crippen LogP contribution in [0.15, 0.2) is 24.3 Å². The van der Waals surface area contributed by atoms with Gasteiger partial charge in [0, 0.05) is 23.3 Å². The summed E-state index contributed by atoms with van der Waals surface area (Å²) in [6, 6.07) is 6.40. The number of hydrogen-bond acceptors (Lipinski definition) is 6. The minimum atomic E-state index is -1.18. The van der Waals surface area contributed by atoms with E-state index < -0.39 is 28.3 Å². The number of hydrogen-bond donors (Lipinski definition) is 0. The highest BCUT2D eigenvalue weighted by Crippen LogP contribution is 2.36. The molecular weight excluding hydrogens is 366 g/mol. The number of likely N-dealkylation sites (tertiary alicyclic amines) is 1. The zero-order valence-corrected chi connectivity index (χ0v) is 17.1. The number of imide groups is 1. The van der Waals surface area contributed by atoms with Gasteiger partial charge in [-0.3, -0.25) is 24.1 Å². The van der Waals surface area contributed by atoms with E-state index in [0.29, 0.717) is 11.3 Å². The van der Waals surface area contributed by atoms with Crippen molar-refractivity contribution >= 4 is 34.5 Å². The molecule has 2 rings (SSSR count). The minimum absolute atomic E-state index is 0.115. The third-order valence-electron chi connectivity index (χ3n) is 4.32. The number of thioether (sulfide) groups is 1. The molecule has 1 heterocycles. The molecule has 6 nitrogen and oxygen atoms in total. The van der Waals surface area contributed by atoms with Gasteiger partial charge in [-0.15, -0.1) is 0 Å². The lowest BCUT2D eigenvalue weighted by molar-refractivity contribution is -0.140. The van der Waals surface area contributed by atoms with Crippen LogP contribution < -0.4 is 4.74 Å². The summed E-state index contributed by atoms with van der Waals surface area (Å²) in [7, 11) is 1.52. The summed E-state index contributed by atoms with van der Waals surface area (Å²) in [6.07, 6.45) is -0.115. The van der Waals surface area contributed by atoms with Gasteiger partial charge in [0.15, 0.2) is 5.78 Å². The topological polar surface area (TPSA) is 80.8 Å². The molecular formula is C20H25NO5S. The zero-order valence-electron chi connectivity index (χ0n) is 16.3. The van der Waals surface area contributed by atoms with Gasteiger partial charge in [-0.05, 0) is 31.2 Å². The Labute approximate surface area is 163 Å². The Morgan fingerprint density at radius 2 is 1.81 bits per heavy atom. The number of rotatable bonds is 6. The predicted octanol–water partition coefficient (Wildman–Crippen LogP) is 2.95. The standard InChI is InChI=1S/C20H25NO5S/c1-6-21-15(22)11-14(18(21)24)16(19(25)27-20(2,3)4)17(23)12-7-9-13(26-5)10-8-12/h7-10,14,16H,6,11H2,1-5H3/t14-,16?/m0/s1. The maximum Gasteiger partial charge on any atom is 0.234 e. The average molecular weight is 391 g/mol. The monoisotopic (exact) mass is 391 g/mol. The molecule has 1 aliphatic rings. The van der Waals surface area contributed by atoms with E-state index in [0.717, 1.165) is 16.7 Å². The molecule has 0 aromatic heterocycles. The van der Waals surface area contributed by atoms with Gasteiger partial charge >= 0.3 is 0 Å². The number of amides is 2. The fraction of sp³-hybridized carbons (Fsp3) is 0.500. The maximum atomic E-state index is 13.1. The molecule has 1 aliphatic heterocycles. The Bertz CT molecular complexity index is 751. The second-order valence-corrected chi connectivity index (χ2v) is 9.22. The summed E-state index contributed by atoms with van der Waals surface area (Å²) in [4.78, 5) is 52.0. The fourth-order valence-electron chi connectivity index (χ4n) is 3.06. The summed E-state index contributed by atoms with van der Waals surface area (Å²) in [6.45, 7) is 7.53. The fourth-order valence-corrected chi connectivity index (χ4v) is 4.06. The highest BCUT2D eigenvalue weighted by molar-refractivity contribution is 8.14. The molecule has 146 valence electrons. The summed E-state index contributed by atoms with van der Waals surface area (Å²) in [5.74, 6) is -2.78. The van der Waals surface area contributed by atoms with E-state index in [1.165, 1.54) is 7.11 Å². The van der Waals surface area contributed by atoms with E-state index in [-0.39, 0.29) is 24.0 Å². The second kappa shape index (κ2) is 8.25. The molecule has 0 bridgehead atoms. The number of nitrogens with zero attached hydrogens (tertiary/aromatic N) is 1. The first-order valence-corrected chi connectivity index (χ1v) is 9.66. The van der Waals surface area contributed by atoms with Crippen LogP contribution in [0.2, 0.25) is 0 Å². The van der Waals surface area contributed by atoms with Crippen LogP contribution in [0, 0.1) is 11.8 Å². The molecule has 1 aromatic carbocycles. The SMILES string of the molecule is CCN1C(=O)C[C@@H](C(C(=O)SC(C)(C)C)C(=O)c2ccc(OC)cc2)C1=O. The van der Waals surface area contributed by atoms with E-state index in [1.54, 1.807) is 31.2 Å². The Balaban J connectivity index is 2.40. The Kier molecular flexibility index (Phi) is 6.46.